The average molecular weight is 254 g/mol. The van der Waals surface area contributed by atoms with Gasteiger partial charge < -0.3 is 4.74 Å². The van der Waals surface area contributed by atoms with Gasteiger partial charge in [-0.15, -0.1) is 0 Å². The number of ether oxygens (including phenoxy) is 1. The molecular formula is C13H15FO2S. The summed E-state index contributed by atoms with van der Waals surface area (Å²) in [7, 11) is 0. The number of ketones is 1. The highest BCUT2D eigenvalue weighted by Crippen LogP contribution is 2.22. The molecule has 92 valence electrons. The predicted octanol–water partition coefficient (Wildman–Crippen LogP) is 2.92. The van der Waals surface area contributed by atoms with E-state index >= 15 is 0 Å². The van der Waals surface area contributed by atoms with Crippen LogP contribution in [0.15, 0.2) is 24.3 Å². The van der Waals surface area contributed by atoms with Gasteiger partial charge in [0, 0.05) is 24.0 Å². The second kappa shape index (κ2) is 6.17. The highest BCUT2D eigenvalue weighted by atomic mass is 32.2. The summed E-state index contributed by atoms with van der Waals surface area (Å²) in [5.74, 6) is 0.233. The monoisotopic (exact) mass is 254 g/mol. The van der Waals surface area contributed by atoms with Crippen molar-refractivity contribution in [2.24, 2.45) is 0 Å². The number of thioether (sulfide) groups is 1. The Morgan fingerprint density at radius 3 is 2.59 bits per heavy atom. The second-order valence-electron chi connectivity index (χ2n) is 4.05. The van der Waals surface area contributed by atoms with E-state index in [1.807, 2.05) is 0 Å². The van der Waals surface area contributed by atoms with Crippen LogP contribution in [0, 0.1) is 5.82 Å². The maximum Gasteiger partial charge on any atom is 0.172 e. The van der Waals surface area contributed by atoms with Crippen LogP contribution < -0.4 is 0 Å². The maximum absolute atomic E-state index is 12.7. The van der Waals surface area contributed by atoms with Crippen LogP contribution >= 0.6 is 11.8 Å². The molecule has 0 aliphatic carbocycles. The molecule has 17 heavy (non-hydrogen) atoms. The van der Waals surface area contributed by atoms with Crippen LogP contribution in [0.3, 0.4) is 0 Å². The molecule has 1 fully saturated rings. The molecule has 0 bridgehead atoms. The fourth-order valence-electron chi connectivity index (χ4n) is 1.76. The van der Waals surface area contributed by atoms with Crippen molar-refractivity contribution < 1.29 is 13.9 Å². The molecule has 1 aliphatic rings. The lowest BCUT2D eigenvalue weighted by Crippen LogP contribution is -2.19. The van der Waals surface area contributed by atoms with Crippen molar-refractivity contribution in [2.45, 2.75) is 18.1 Å². The van der Waals surface area contributed by atoms with Gasteiger partial charge in [-0.3, -0.25) is 4.79 Å². The van der Waals surface area contributed by atoms with Gasteiger partial charge in [-0.1, -0.05) is 0 Å². The van der Waals surface area contributed by atoms with Crippen molar-refractivity contribution in [1.29, 1.82) is 0 Å². The molecule has 2 rings (SSSR count). The maximum atomic E-state index is 12.7. The van der Waals surface area contributed by atoms with E-state index in [2.05, 4.69) is 0 Å². The van der Waals surface area contributed by atoms with Crippen LogP contribution in [0.1, 0.15) is 23.2 Å². The van der Waals surface area contributed by atoms with E-state index in [-0.39, 0.29) is 11.6 Å². The molecular weight excluding hydrogens is 239 g/mol. The van der Waals surface area contributed by atoms with Crippen molar-refractivity contribution in [1.82, 2.24) is 0 Å². The highest BCUT2D eigenvalue weighted by molar-refractivity contribution is 8.00. The van der Waals surface area contributed by atoms with E-state index in [9.17, 15) is 9.18 Å². The number of rotatable bonds is 4. The number of Topliss-reactive ketones (excluding diaryl/α,β-unsaturated/α-hetero) is 1. The topological polar surface area (TPSA) is 26.3 Å². The van der Waals surface area contributed by atoms with Crippen LogP contribution in [-0.4, -0.2) is 30.0 Å². The molecule has 2 nitrogen and oxygen atoms in total. The largest absolute Gasteiger partial charge is 0.381 e. The summed E-state index contributed by atoms with van der Waals surface area (Å²) < 4.78 is 18.0. The minimum atomic E-state index is -0.307. The van der Waals surface area contributed by atoms with Gasteiger partial charge in [-0.25, -0.2) is 4.39 Å². The zero-order valence-corrected chi connectivity index (χ0v) is 10.3. The molecule has 0 N–H and O–H groups in total. The van der Waals surface area contributed by atoms with E-state index in [4.69, 9.17) is 4.74 Å². The van der Waals surface area contributed by atoms with Crippen LogP contribution in [0.25, 0.3) is 0 Å². The number of carbonyl (C=O) groups is 1. The Bertz CT molecular complexity index is 372. The Hall–Kier alpha value is -0.870. The fourth-order valence-corrected chi connectivity index (χ4v) is 2.83. The Labute approximate surface area is 105 Å². The molecule has 0 aromatic heterocycles. The number of benzene rings is 1. The van der Waals surface area contributed by atoms with Gasteiger partial charge in [0.1, 0.15) is 5.82 Å². The quantitative estimate of drug-likeness (QED) is 0.773. The lowest BCUT2D eigenvalue weighted by Gasteiger charge is -2.21. The van der Waals surface area contributed by atoms with Crippen molar-refractivity contribution in [2.75, 3.05) is 19.0 Å². The van der Waals surface area contributed by atoms with E-state index in [0.29, 0.717) is 16.6 Å². The molecule has 1 aliphatic heterocycles. The molecule has 0 atom stereocenters. The normalized spacial score (nSPS) is 17.0. The zero-order valence-electron chi connectivity index (χ0n) is 9.52. The Morgan fingerprint density at radius 2 is 1.94 bits per heavy atom. The molecule has 1 saturated heterocycles. The lowest BCUT2D eigenvalue weighted by molar-refractivity contribution is 0.0988. The van der Waals surface area contributed by atoms with Crippen LogP contribution in [0.5, 0.6) is 0 Å². The highest BCUT2D eigenvalue weighted by Gasteiger charge is 2.16. The second-order valence-corrected chi connectivity index (χ2v) is 5.34. The van der Waals surface area contributed by atoms with Crippen molar-refractivity contribution in [3.8, 4) is 0 Å². The summed E-state index contributed by atoms with van der Waals surface area (Å²) in [6, 6.07) is 5.74. The first-order valence-electron chi connectivity index (χ1n) is 5.74. The van der Waals surface area contributed by atoms with Crippen molar-refractivity contribution in [3.63, 3.8) is 0 Å². The molecule has 4 heteroatoms. The van der Waals surface area contributed by atoms with Crippen LogP contribution in [-0.2, 0) is 4.74 Å². The number of halogens is 1. The first kappa shape index (κ1) is 12.6. The first-order chi connectivity index (χ1) is 8.25. The summed E-state index contributed by atoms with van der Waals surface area (Å²) in [5, 5.41) is 0.521. The summed E-state index contributed by atoms with van der Waals surface area (Å²) in [5.41, 5.74) is 0.589. The van der Waals surface area contributed by atoms with Gasteiger partial charge in [0.25, 0.3) is 0 Å². The molecule has 0 radical (unpaired) electrons. The van der Waals surface area contributed by atoms with Crippen LogP contribution in [0.4, 0.5) is 4.39 Å². The minimum absolute atomic E-state index is 0.0708. The van der Waals surface area contributed by atoms with E-state index < -0.39 is 0 Å². The smallest absolute Gasteiger partial charge is 0.172 e. The van der Waals surface area contributed by atoms with Crippen molar-refractivity contribution >= 4 is 17.5 Å². The third-order valence-electron chi connectivity index (χ3n) is 2.78. The van der Waals surface area contributed by atoms with Crippen LogP contribution in [0.2, 0.25) is 0 Å². The van der Waals surface area contributed by atoms with Gasteiger partial charge in [0.15, 0.2) is 5.78 Å². The molecule has 0 amide bonds. The summed E-state index contributed by atoms with van der Waals surface area (Å²) in [6.45, 7) is 1.59. The van der Waals surface area contributed by atoms with Gasteiger partial charge in [-0.2, -0.15) is 11.8 Å². The minimum Gasteiger partial charge on any atom is -0.381 e. The number of hydrogen-bond acceptors (Lipinski definition) is 3. The predicted molar refractivity (Wildman–Crippen MR) is 67.0 cm³/mol. The van der Waals surface area contributed by atoms with Gasteiger partial charge in [0.05, 0.1) is 5.75 Å². The Morgan fingerprint density at radius 1 is 1.29 bits per heavy atom. The van der Waals surface area contributed by atoms with Crippen molar-refractivity contribution in [3.05, 3.63) is 35.6 Å². The van der Waals surface area contributed by atoms with E-state index in [1.54, 1.807) is 23.9 Å². The lowest BCUT2D eigenvalue weighted by atomic mass is 10.1. The molecule has 1 aromatic carbocycles. The summed E-state index contributed by atoms with van der Waals surface area (Å²) in [4.78, 5) is 11.8. The first-order valence-corrected chi connectivity index (χ1v) is 6.79. The average Bonchev–Trinajstić information content (AvgIpc) is 2.38. The van der Waals surface area contributed by atoms with E-state index in [1.165, 1.54) is 12.1 Å². The molecule has 0 saturated carbocycles. The van der Waals surface area contributed by atoms with Gasteiger partial charge >= 0.3 is 0 Å². The standard InChI is InChI=1S/C13H15FO2S/c14-11-3-1-10(2-4-11)13(15)9-17-12-5-7-16-8-6-12/h1-4,12H,5-9H2. The molecule has 1 heterocycles. The Balaban J connectivity index is 1.82. The zero-order chi connectivity index (χ0) is 12.1. The summed E-state index contributed by atoms with van der Waals surface area (Å²) in [6.07, 6.45) is 2.03. The molecule has 1 aromatic rings. The van der Waals surface area contributed by atoms with Gasteiger partial charge in [0.2, 0.25) is 0 Å². The molecule has 0 spiro atoms. The third kappa shape index (κ3) is 3.82. The number of hydrogen-bond donors (Lipinski definition) is 0. The summed E-state index contributed by atoms with van der Waals surface area (Å²) >= 11 is 1.68. The van der Waals surface area contributed by atoms with Gasteiger partial charge in [-0.05, 0) is 37.1 Å². The van der Waals surface area contributed by atoms with E-state index in [0.717, 1.165) is 26.1 Å². The fraction of sp³-hybridized carbons (Fsp3) is 0.462. The number of carbonyl (C=O) groups excluding carboxylic acids is 1. The Kier molecular flexibility index (Phi) is 4.57. The SMILES string of the molecule is O=C(CSC1CCOCC1)c1ccc(F)cc1. The molecule has 0 unspecified atom stereocenters. The third-order valence-corrected chi connectivity index (χ3v) is 4.16.